The first-order valence-electron chi connectivity index (χ1n) is 7.01. The summed E-state index contributed by atoms with van der Waals surface area (Å²) < 4.78 is 10.3. The van der Waals surface area contributed by atoms with Gasteiger partial charge in [-0.05, 0) is 31.9 Å². The van der Waals surface area contributed by atoms with E-state index in [4.69, 9.17) is 20.8 Å². The van der Waals surface area contributed by atoms with Gasteiger partial charge in [0.2, 0.25) is 0 Å². The molecule has 21 heavy (non-hydrogen) atoms. The molecule has 0 spiro atoms. The summed E-state index contributed by atoms with van der Waals surface area (Å²) in [5.74, 6) is 0.823. The van der Waals surface area contributed by atoms with Crippen LogP contribution < -0.4 is 5.32 Å². The smallest absolute Gasteiger partial charge is 0.409 e. The highest BCUT2D eigenvalue weighted by Gasteiger charge is 2.25. The SMILES string of the molecule is CCOC(=O)N1CCC(NC(=O)c2ccc(CCl)o2)CC1. The van der Waals surface area contributed by atoms with Crippen LogP contribution in [0.3, 0.4) is 0 Å². The fourth-order valence-electron chi connectivity index (χ4n) is 2.25. The Balaban J connectivity index is 1.80. The topological polar surface area (TPSA) is 71.8 Å². The zero-order chi connectivity index (χ0) is 15.2. The van der Waals surface area contributed by atoms with E-state index in [9.17, 15) is 9.59 Å². The summed E-state index contributed by atoms with van der Waals surface area (Å²) in [5.41, 5.74) is 0. The van der Waals surface area contributed by atoms with Crippen LogP contribution in [0.5, 0.6) is 0 Å². The van der Waals surface area contributed by atoms with Crippen molar-refractivity contribution in [3.63, 3.8) is 0 Å². The molecule has 0 atom stereocenters. The van der Waals surface area contributed by atoms with Gasteiger partial charge in [-0.2, -0.15) is 0 Å². The number of piperidine rings is 1. The van der Waals surface area contributed by atoms with E-state index < -0.39 is 0 Å². The van der Waals surface area contributed by atoms with Crippen molar-refractivity contribution in [1.29, 1.82) is 0 Å². The van der Waals surface area contributed by atoms with Gasteiger partial charge in [-0.3, -0.25) is 4.79 Å². The number of carbonyl (C=O) groups is 2. The van der Waals surface area contributed by atoms with Crippen LogP contribution in [0.2, 0.25) is 0 Å². The maximum Gasteiger partial charge on any atom is 0.409 e. The molecule has 1 aliphatic rings. The molecule has 0 unspecified atom stereocenters. The van der Waals surface area contributed by atoms with Crippen LogP contribution in [0.1, 0.15) is 36.1 Å². The molecule has 0 saturated carbocycles. The predicted octanol–water partition coefficient (Wildman–Crippen LogP) is 2.37. The number of carbonyl (C=O) groups excluding carboxylic acids is 2. The number of nitrogens with one attached hydrogen (secondary N) is 1. The molecule has 2 heterocycles. The summed E-state index contributed by atoms with van der Waals surface area (Å²) in [7, 11) is 0. The number of likely N-dealkylation sites (tertiary alicyclic amines) is 1. The van der Waals surface area contributed by atoms with E-state index in [0.29, 0.717) is 38.3 Å². The minimum Gasteiger partial charge on any atom is -0.455 e. The summed E-state index contributed by atoms with van der Waals surface area (Å²) in [5, 5.41) is 2.91. The lowest BCUT2D eigenvalue weighted by Crippen LogP contribution is -2.46. The molecule has 1 saturated heterocycles. The second kappa shape index (κ2) is 7.36. The molecular formula is C14H19ClN2O4. The minimum atomic E-state index is -0.292. The van der Waals surface area contributed by atoms with Crippen LogP contribution in [-0.2, 0) is 10.6 Å². The quantitative estimate of drug-likeness (QED) is 0.866. The van der Waals surface area contributed by atoms with E-state index in [1.807, 2.05) is 0 Å². The van der Waals surface area contributed by atoms with Crippen molar-refractivity contribution in [2.45, 2.75) is 31.7 Å². The molecule has 6 nitrogen and oxygen atoms in total. The second-order valence-corrected chi connectivity index (χ2v) is 5.10. The monoisotopic (exact) mass is 314 g/mol. The number of halogens is 1. The zero-order valence-corrected chi connectivity index (χ0v) is 12.7. The Morgan fingerprint density at radius 2 is 2.14 bits per heavy atom. The van der Waals surface area contributed by atoms with Gasteiger partial charge in [0.25, 0.3) is 5.91 Å². The molecule has 116 valence electrons. The van der Waals surface area contributed by atoms with Crippen LogP contribution in [-0.4, -0.2) is 42.6 Å². The summed E-state index contributed by atoms with van der Waals surface area (Å²) in [6.45, 7) is 3.31. The largest absolute Gasteiger partial charge is 0.455 e. The van der Waals surface area contributed by atoms with Gasteiger partial charge in [-0.1, -0.05) is 0 Å². The first-order chi connectivity index (χ1) is 10.1. The lowest BCUT2D eigenvalue weighted by molar-refractivity contribution is 0.0839. The zero-order valence-electron chi connectivity index (χ0n) is 11.9. The van der Waals surface area contributed by atoms with Gasteiger partial charge in [0, 0.05) is 19.1 Å². The van der Waals surface area contributed by atoms with E-state index in [1.165, 1.54) is 0 Å². The molecule has 2 rings (SSSR count). The average Bonchev–Trinajstić information content (AvgIpc) is 2.97. The Bertz CT molecular complexity index is 495. The molecule has 0 aliphatic carbocycles. The molecule has 1 fully saturated rings. The Labute approximate surface area is 128 Å². The first-order valence-corrected chi connectivity index (χ1v) is 7.54. The lowest BCUT2D eigenvalue weighted by atomic mass is 10.1. The van der Waals surface area contributed by atoms with E-state index in [2.05, 4.69) is 5.32 Å². The van der Waals surface area contributed by atoms with Crippen molar-refractivity contribution in [3.8, 4) is 0 Å². The van der Waals surface area contributed by atoms with Crippen LogP contribution in [0.25, 0.3) is 0 Å². The maximum absolute atomic E-state index is 12.0. The Hall–Kier alpha value is -1.69. The third-order valence-electron chi connectivity index (χ3n) is 3.37. The maximum atomic E-state index is 12.0. The summed E-state index contributed by atoms with van der Waals surface area (Å²) in [6, 6.07) is 3.33. The van der Waals surface area contributed by atoms with Crippen molar-refractivity contribution < 1.29 is 18.7 Å². The van der Waals surface area contributed by atoms with Crippen LogP contribution in [0.15, 0.2) is 16.5 Å². The normalized spacial score (nSPS) is 15.8. The van der Waals surface area contributed by atoms with Crippen LogP contribution in [0, 0.1) is 0 Å². The van der Waals surface area contributed by atoms with Crippen LogP contribution >= 0.6 is 11.6 Å². The van der Waals surface area contributed by atoms with E-state index in [-0.39, 0.29) is 29.7 Å². The highest BCUT2D eigenvalue weighted by molar-refractivity contribution is 6.16. The molecule has 1 N–H and O–H groups in total. The van der Waals surface area contributed by atoms with E-state index in [0.717, 1.165) is 0 Å². The van der Waals surface area contributed by atoms with Gasteiger partial charge in [0.05, 0.1) is 12.5 Å². The molecule has 7 heteroatoms. The molecule has 2 amide bonds. The molecule has 1 aliphatic heterocycles. The summed E-state index contributed by atoms with van der Waals surface area (Å²) in [4.78, 5) is 25.2. The van der Waals surface area contributed by atoms with Crippen molar-refractivity contribution in [2.75, 3.05) is 19.7 Å². The molecule has 0 aromatic carbocycles. The molecule has 0 bridgehead atoms. The Morgan fingerprint density at radius 1 is 1.43 bits per heavy atom. The highest BCUT2D eigenvalue weighted by atomic mass is 35.5. The van der Waals surface area contributed by atoms with E-state index >= 15 is 0 Å². The highest BCUT2D eigenvalue weighted by Crippen LogP contribution is 2.14. The number of nitrogens with zero attached hydrogens (tertiary/aromatic N) is 1. The van der Waals surface area contributed by atoms with Gasteiger partial charge in [-0.25, -0.2) is 4.79 Å². The van der Waals surface area contributed by atoms with Crippen molar-refractivity contribution >= 4 is 23.6 Å². The number of hydrogen-bond donors (Lipinski definition) is 1. The number of amides is 2. The van der Waals surface area contributed by atoms with Gasteiger partial charge >= 0.3 is 6.09 Å². The lowest BCUT2D eigenvalue weighted by Gasteiger charge is -2.31. The third-order valence-corrected chi connectivity index (χ3v) is 3.64. The van der Waals surface area contributed by atoms with Gasteiger partial charge in [-0.15, -0.1) is 11.6 Å². The van der Waals surface area contributed by atoms with Crippen molar-refractivity contribution in [1.82, 2.24) is 10.2 Å². The molecular weight excluding hydrogens is 296 g/mol. The van der Waals surface area contributed by atoms with E-state index in [1.54, 1.807) is 24.0 Å². The number of ether oxygens (including phenoxy) is 1. The number of furan rings is 1. The van der Waals surface area contributed by atoms with Crippen LogP contribution in [0.4, 0.5) is 4.79 Å². The summed E-state index contributed by atoms with van der Waals surface area (Å²) >= 11 is 5.63. The van der Waals surface area contributed by atoms with Gasteiger partial charge in [0.1, 0.15) is 5.76 Å². The number of rotatable bonds is 4. The van der Waals surface area contributed by atoms with Crippen molar-refractivity contribution in [2.24, 2.45) is 0 Å². The first kappa shape index (κ1) is 15.7. The standard InChI is InChI=1S/C14H19ClN2O4/c1-2-20-14(19)17-7-5-10(6-8-17)16-13(18)12-4-3-11(9-15)21-12/h3-4,10H,2,5-9H2,1H3,(H,16,18). The summed E-state index contributed by atoms with van der Waals surface area (Å²) in [6.07, 6.45) is 1.11. The fraction of sp³-hybridized carbons (Fsp3) is 0.571. The molecule has 0 radical (unpaired) electrons. The average molecular weight is 315 g/mol. The second-order valence-electron chi connectivity index (χ2n) is 4.83. The predicted molar refractivity (Wildman–Crippen MR) is 77.3 cm³/mol. The minimum absolute atomic E-state index is 0.0349. The third kappa shape index (κ3) is 4.14. The fourth-order valence-corrected chi connectivity index (χ4v) is 2.39. The van der Waals surface area contributed by atoms with Gasteiger partial charge in [0.15, 0.2) is 5.76 Å². The van der Waals surface area contributed by atoms with Gasteiger partial charge < -0.3 is 19.4 Å². The molecule has 1 aromatic rings. The molecule has 1 aromatic heterocycles. The Morgan fingerprint density at radius 3 is 2.71 bits per heavy atom. The van der Waals surface area contributed by atoms with Crippen molar-refractivity contribution in [3.05, 3.63) is 23.7 Å². The number of hydrogen-bond acceptors (Lipinski definition) is 4. The Kier molecular flexibility index (Phi) is 5.50. The number of alkyl halides is 1.